The van der Waals surface area contributed by atoms with Crippen molar-refractivity contribution in [3.05, 3.63) is 0 Å². The molecule has 0 saturated heterocycles. The van der Waals surface area contributed by atoms with E-state index in [1.165, 1.54) is 6.42 Å². The maximum Gasteiger partial charge on any atom is 0.0565 e. The predicted molar refractivity (Wildman–Crippen MR) is 59.8 cm³/mol. The molecule has 0 amide bonds. The summed E-state index contributed by atoms with van der Waals surface area (Å²) in [6.45, 7) is 10.9. The van der Waals surface area contributed by atoms with Crippen LogP contribution in [0.2, 0.25) is 0 Å². The highest BCUT2D eigenvalue weighted by Crippen LogP contribution is 2.26. The van der Waals surface area contributed by atoms with Crippen molar-refractivity contribution in [3.63, 3.8) is 0 Å². The summed E-state index contributed by atoms with van der Waals surface area (Å²) in [6.07, 6.45) is 1.97. The van der Waals surface area contributed by atoms with E-state index in [1.807, 2.05) is 6.92 Å². The van der Waals surface area contributed by atoms with Gasteiger partial charge in [-0.25, -0.2) is 0 Å². The summed E-state index contributed by atoms with van der Waals surface area (Å²) < 4.78 is 0. The molecule has 0 spiro atoms. The van der Waals surface area contributed by atoms with Crippen LogP contribution in [0.4, 0.5) is 0 Å². The van der Waals surface area contributed by atoms with Crippen LogP contribution >= 0.6 is 0 Å². The molecule has 84 valence electrons. The number of hydrogen-bond acceptors (Lipinski definition) is 1. The first-order chi connectivity index (χ1) is 5.54. The minimum absolute atomic E-state index is 0. The van der Waals surface area contributed by atoms with Gasteiger partial charge in [0.15, 0.2) is 0 Å². The van der Waals surface area contributed by atoms with Crippen LogP contribution in [0.25, 0.3) is 0 Å². The standard InChI is InChI=1S/C11H24O.H2O.H2/c1-6-8(3)9(4)10(5)11(12)7-2;;/h8-12H,6-7H2,1-5H3;1H2;1H/t8?,9-,10-,11-;;/m1../s1. The highest BCUT2D eigenvalue weighted by atomic mass is 16.3. The third-order valence-electron chi connectivity index (χ3n) is 3.40. The van der Waals surface area contributed by atoms with Gasteiger partial charge in [-0.15, -0.1) is 0 Å². The lowest BCUT2D eigenvalue weighted by molar-refractivity contribution is 0.0666. The molecule has 0 aliphatic rings. The molecular weight excluding hydrogens is 164 g/mol. The van der Waals surface area contributed by atoms with Gasteiger partial charge < -0.3 is 10.6 Å². The molecule has 0 aromatic rings. The predicted octanol–water partition coefficient (Wildman–Crippen LogP) is 2.50. The average molecular weight is 192 g/mol. The largest absolute Gasteiger partial charge is 0.412 e. The molecule has 0 radical (unpaired) electrons. The van der Waals surface area contributed by atoms with Crippen LogP contribution in [0.5, 0.6) is 0 Å². The van der Waals surface area contributed by atoms with Crippen LogP contribution in [0.3, 0.4) is 0 Å². The first kappa shape index (κ1) is 15.4. The molecule has 0 rings (SSSR count). The number of aliphatic hydroxyl groups excluding tert-OH is 1. The van der Waals surface area contributed by atoms with E-state index < -0.39 is 0 Å². The molecule has 2 nitrogen and oxygen atoms in total. The van der Waals surface area contributed by atoms with Crippen LogP contribution in [0.15, 0.2) is 0 Å². The topological polar surface area (TPSA) is 51.7 Å². The molecule has 0 aromatic carbocycles. The van der Waals surface area contributed by atoms with Gasteiger partial charge in [-0.3, -0.25) is 0 Å². The van der Waals surface area contributed by atoms with Gasteiger partial charge >= 0.3 is 0 Å². The minimum Gasteiger partial charge on any atom is -0.412 e. The van der Waals surface area contributed by atoms with Crippen molar-refractivity contribution in [3.8, 4) is 0 Å². The lowest BCUT2D eigenvalue weighted by Gasteiger charge is -2.28. The van der Waals surface area contributed by atoms with E-state index in [2.05, 4.69) is 27.7 Å². The Bertz CT molecular complexity index is 106. The van der Waals surface area contributed by atoms with Crippen molar-refractivity contribution in [2.75, 3.05) is 0 Å². The molecular formula is C11H28O2. The van der Waals surface area contributed by atoms with Gasteiger partial charge in [0.1, 0.15) is 0 Å². The normalized spacial score (nSPS) is 19.8. The molecule has 0 bridgehead atoms. The lowest BCUT2D eigenvalue weighted by atomic mass is 9.80. The van der Waals surface area contributed by atoms with E-state index in [0.717, 1.165) is 12.3 Å². The Morgan fingerprint density at radius 2 is 1.46 bits per heavy atom. The fourth-order valence-corrected chi connectivity index (χ4v) is 1.61. The highest BCUT2D eigenvalue weighted by molar-refractivity contribution is 4.72. The third-order valence-corrected chi connectivity index (χ3v) is 3.40. The zero-order valence-corrected chi connectivity index (χ0v) is 9.67. The van der Waals surface area contributed by atoms with E-state index in [1.54, 1.807) is 0 Å². The van der Waals surface area contributed by atoms with Crippen molar-refractivity contribution < 1.29 is 12.0 Å². The fraction of sp³-hybridized carbons (Fsp3) is 1.00. The van der Waals surface area contributed by atoms with Gasteiger partial charge in [-0.1, -0.05) is 41.0 Å². The van der Waals surface area contributed by atoms with Gasteiger partial charge in [0.05, 0.1) is 6.10 Å². The maximum atomic E-state index is 9.64. The molecule has 0 aliphatic carbocycles. The van der Waals surface area contributed by atoms with Crippen molar-refractivity contribution in [2.45, 2.75) is 53.6 Å². The summed E-state index contributed by atoms with van der Waals surface area (Å²) in [5.41, 5.74) is 0. The molecule has 0 aromatic heterocycles. The number of aliphatic hydroxyl groups is 1. The van der Waals surface area contributed by atoms with Crippen molar-refractivity contribution >= 4 is 0 Å². The van der Waals surface area contributed by atoms with E-state index >= 15 is 0 Å². The Labute approximate surface area is 84.1 Å². The smallest absolute Gasteiger partial charge is 0.0565 e. The summed E-state index contributed by atoms with van der Waals surface area (Å²) in [6, 6.07) is 0. The second kappa shape index (κ2) is 7.34. The number of hydrogen-bond donors (Lipinski definition) is 1. The van der Waals surface area contributed by atoms with Crippen LogP contribution in [0.1, 0.15) is 48.9 Å². The minimum atomic E-state index is -0.117. The van der Waals surface area contributed by atoms with Gasteiger partial charge in [-0.05, 0) is 24.2 Å². The molecule has 4 atom stereocenters. The Morgan fingerprint density at radius 1 is 1.00 bits per heavy atom. The quantitative estimate of drug-likeness (QED) is 0.715. The molecule has 13 heavy (non-hydrogen) atoms. The first-order valence-electron chi connectivity index (χ1n) is 5.22. The Morgan fingerprint density at radius 3 is 1.77 bits per heavy atom. The SMILES string of the molecule is CCC(C)[C@@H](C)[C@@H](C)[C@H](O)CC.O.[HH]. The fourth-order valence-electron chi connectivity index (χ4n) is 1.61. The van der Waals surface area contributed by atoms with Crippen molar-refractivity contribution in [2.24, 2.45) is 17.8 Å². The van der Waals surface area contributed by atoms with E-state index in [0.29, 0.717) is 11.8 Å². The van der Waals surface area contributed by atoms with Crippen molar-refractivity contribution in [1.29, 1.82) is 0 Å². The van der Waals surface area contributed by atoms with Gasteiger partial charge in [0.2, 0.25) is 0 Å². The lowest BCUT2D eigenvalue weighted by Crippen LogP contribution is -2.26. The molecule has 2 heteroatoms. The zero-order chi connectivity index (χ0) is 9.72. The highest BCUT2D eigenvalue weighted by Gasteiger charge is 2.22. The zero-order valence-electron chi connectivity index (χ0n) is 9.67. The summed E-state index contributed by atoms with van der Waals surface area (Å²) in [4.78, 5) is 0. The van der Waals surface area contributed by atoms with E-state index in [4.69, 9.17) is 0 Å². The second-order valence-electron chi connectivity index (χ2n) is 4.08. The summed E-state index contributed by atoms with van der Waals surface area (Å²) in [7, 11) is 0. The molecule has 0 fully saturated rings. The molecule has 0 saturated carbocycles. The Balaban J connectivity index is -0.000000605. The third kappa shape index (κ3) is 4.63. The van der Waals surface area contributed by atoms with Crippen LogP contribution in [0, 0.1) is 17.8 Å². The van der Waals surface area contributed by atoms with Gasteiger partial charge in [0, 0.05) is 1.43 Å². The average Bonchev–Trinajstić information content (AvgIpc) is 2.12. The van der Waals surface area contributed by atoms with Crippen LogP contribution < -0.4 is 0 Å². The molecule has 3 N–H and O–H groups in total. The Kier molecular flexibility index (Phi) is 8.69. The number of rotatable bonds is 5. The first-order valence-corrected chi connectivity index (χ1v) is 5.22. The van der Waals surface area contributed by atoms with Gasteiger partial charge in [-0.2, -0.15) is 0 Å². The molecule has 0 heterocycles. The second-order valence-corrected chi connectivity index (χ2v) is 4.08. The van der Waals surface area contributed by atoms with Crippen LogP contribution in [-0.4, -0.2) is 16.7 Å². The molecule has 1 unspecified atom stereocenters. The monoisotopic (exact) mass is 192 g/mol. The summed E-state index contributed by atoms with van der Waals surface area (Å²) in [5, 5.41) is 9.64. The summed E-state index contributed by atoms with van der Waals surface area (Å²) in [5.74, 6) is 1.79. The van der Waals surface area contributed by atoms with E-state index in [9.17, 15) is 5.11 Å². The van der Waals surface area contributed by atoms with E-state index in [-0.39, 0.29) is 13.0 Å². The van der Waals surface area contributed by atoms with Crippen LogP contribution in [-0.2, 0) is 0 Å². The van der Waals surface area contributed by atoms with Gasteiger partial charge in [0.25, 0.3) is 0 Å². The Hall–Kier alpha value is -0.0800. The molecule has 0 aliphatic heterocycles. The van der Waals surface area contributed by atoms with Crippen molar-refractivity contribution in [1.82, 2.24) is 0 Å². The summed E-state index contributed by atoms with van der Waals surface area (Å²) >= 11 is 0. The maximum absolute atomic E-state index is 9.64.